The van der Waals surface area contributed by atoms with Crippen molar-refractivity contribution in [1.29, 1.82) is 0 Å². The second-order valence-corrected chi connectivity index (χ2v) is 8.79. The Kier molecular flexibility index (Phi) is 3.37. The van der Waals surface area contributed by atoms with Gasteiger partial charge in [-0.15, -0.1) is 34.0 Å². The van der Waals surface area contributed by atoms with Crippen LogP contribution in [-0.4, -0.2) is 4.57 Å². The third-order valence-electron chi connectivity index (χ3n) is 4.37. The molecule has 0 radical (unpaired) electrons. The summed E-state index contributed by atoms with van der Waals surface area (Å²) in [6, 6.07) is 19.9. The lowest BCUT2D eigenvalue weighted by molar-refractivity contribution is 0.832. The van der Waals surface area contributed by atoms with Crippen LogP contribution in [0.25, 0.3) is 40.6 Å². The summed E-state index contributed by atoms with van der Waals surface area (Å²) in [5.74, 6) is 0. The van der Waals surface area contributed by atoms with E-state index in [0.29, 0.717) is 0 Å². The summed E-state index contributed by atoms with van der Waals surface area (Å²) in [5, 5.41) is 4.90. The minimum atomic E-state index is 1.01. The van der Waals surface area contributed by atoms with E-state index in [-0.39, 0.29) is 0 Å². The Balaban J connectivity index is 1.68. The van der Waals surface area contributed by atoms with Gasteiger partial charge in [-0.2, -0.15) is 0 Å². The molecule has 0 aliphatic rings. The van der Waals surface area contributed by atoms with Crippen molar-refractivity contribution in [2.24, 2.45) is 0 Å². The molecule has 0 N–H and O–H groups in total. The molecule has 1 aromatic carbocycles. The van der Waals surface area contributed by atoms with Crippen molar-refractivity contribution in [3.8, 4) is 19.5 Å². The molecule has 4 aromatic heterocycles. The summed E-state index contributed by atoms with van der Waals surface area (Å²) in [4.78, 5) is 6.85. The fraction of sp³-hybridized carbons (Fsp3) is 0.100. The molecule has 5 aromatic rings. The van der Waals surface area contributed by atoms with Gasteiger partial charge in [0.1, 0.15) is 4.83 Å². The summed E-state index contributed by atoms with van der Waals surface area (Å²) in [6.07, 6.45) is 0. The SMILES string of the molecule is CCn1c2ccccc2c2cc(-c3ccc(-c4cccs4)s3)sc21. The largest absolute Gasteiger partial charge is 0.332 e. The molecule has 4 heteroatoms. The Morgan fingerprint density at radius 2 is 1.62 bits per heavy atom. The molecule has 0 bridgehead atoms. The smallest absolute Gasteiger partial charge is 0.104 e. The second-order valence-electron chi connectivity index (χ2n) is 5.73. The first-order valence-corrected chi connectivity index (χ1v) is 10.5. The molecule has 0 unspecified atom stereocenters. The average molecular weight is 366 g/mol. The molecular formula is C20H15NS3. The Morgan fingerprint density at radius 3 is 2.42 bits per heavy atom. The first kappa shape index (κ1) is 14.5. The van der Waals surface area contributed by atoms with Crippen LogP contribution in [0, 0.1) is 0 Å². The Morgan fingerprint density at radius 1 is 0.792 bits per heavy atom. The number of fused-ring (bicyclic) bond motifs is 3. The Labute approximate surface area is 152 Å². The molecule has 0 atom stereocenters. The maximum Gasteiger partial charge on any atom is 0.104 e. The standard InChI is InChI=1S/C20H15NS3/c1-2-21-15-7-4-3-6-13(15)14-12-19(24-20(14)21)18-10-9-17(23-18)16-8-5-11-22-16/h3-12H,2H2,1H3. The predicted octanol–water partition coefficient (Wildman–Crippen LogP) is 7.33. The van der Waals surface area contributed by atoms with E-state index in [9.17, 15) is 0 Å². The van der Waals surface area contributed by atoms with Crippen molar-refractivity contribution in [2.75, 3.05) is 0 Å². The average Bonchev–Trinajstić information content (AvgIpc) is 3.36. The van der Waals surface area contributed by atoms with E-state index >= 15 is 0 Å². The second kappa shape index (κ2) is 5.59. The first-order chi connectivity index (χ1) is 11.8. The highest BCUT2D eigenvalue weighted by Gasteiger charge is 2.15. The number of thiophene rings is 3. The Hall–Kier alpha value is -1.88. The van der Waals surface area contributed by atoms with Gasteiger partial charge in [0, 0.05) is 42.3 Å². The van der Waals surface area contributed by atoms with E-state index in [1.54, 1.807) is 0 Å². The van der Waals surface area contributed by atoms with Crippen LogP contribution in [0.3, 0.4) is 0 Å². The van der Waals surface area contributed by atoms with Gasteiger partial charge in [-0.25, -0.2) is 0 Å². The normalized spacial score (nSPS) is 11.7. The fourth-order valence-electron chi connectivity index (χ4n) is 3.28. The van der Waals surface area contributed by atoms with Crippen molar-refractivity contribution in [3.63, 3.8) is 0 Å². The third-order valence-corrected chi connectivity index (χ3v) is 7.88. The van der Waals surface area contributed by atoms with Crippen molar-refractivity contribution in [3.05, 3.63) is 60.0 Å². The highest BCUT2D eigenvalue weighted by atomic mass is 32.1. The lowest BCUT2D eigenvalue weighted by atomic mass is 10.2. The van der Waals surface area contributed by atoms with Gasteiger partial charge >= 0.3 is 0 Å². The number of aryl methyl sites for hydroxylation is 1. The summed E-state index contributed by atoms with van der Waals surface area (Å²) in [6.45, 7) is 3.24. The summed E-state index contributed by atoms with van der Waals surface area (Å²) < 4.78 is 2.44. The minimum Gasteiger partial charge on any atom is -0.332 e. The molecule has 0 aliphatic heterocycles. The molecule has 0 saturated carbocycles. The number of rotatable bonds is 3. The first-order valence-electron chi connectivity index (χ1n) is 8.00. The van der Waals surface area contributed by atoms with Crippen LogP contribution < -0.4 is 0 Å². The van der Waals surface area contributed by atoms with E-state index < -0.39 is 0 Å². The maximum absolute atomic E-state index is 2.44. The van der Waals surface area contributed by atoms with Crippen molar-refractivity contribution in [1.82, 2.24) is 4.57 Å². The third kappa shape index (κ3) is 2.10. The van der Waals surface area contributed by atoms with Crippen LogP contribution in [0.2, 0.25) is 0 Å². The zero-order valence-corrected chi connectivity index (χ0v) is 15.6. The molecule has 0 fully saturated rings. The monoisotopic (exact) mass is 365 g/mol. The molecule has 24 heavy (non-hydrogen) atoms. The molecule has 4 heterocycles. The summed E-state index contributed by atoms with van der Waals surface area (Å²) >= 11 is 5.62. The van der Waals surface area contributed by atoms with E-state index in [1.165, 1.54) is 40.6 Å². The van der Waals surface area contributed by atoms with Crippen LogP contribution in [-0.2, 0) is 6.54 Å². The van der Waals surface area contributed by atoms with Crippen LogP contribution in [0.15, 0.2) is 60.0 Å². The van der Waals surface area contributed by atoms with Gasteiger partial charge in [0.15, 0.2) is 0 Å². The van der Waals surface area contributed by atoms with E-state index in [2.05, 4.69) is 71.5 Å². The number of aromatic nitrogens is 1. The number of benzene rings is 1. The Bertz CT molecular complexity index is 1140. The fourth-order valence-corrected chi connectivity index (χ4v) is 6.45. The number of para-hydroxylation sites is 1. The van der Waals surface area contributed by atoms with Gasteiger partial charge in [-0.3, -0.25) is 0 Å². The van der Waals surface area contributed by atoms with Crippen molar-refractivity contribution in [2.45, 2.75) is 13.5 Å². The van der Waals surface area contributed by atoms with E-state index in [4.69, 9.17) is 0 Å². The highest BCUT2D eigenvalue weighted by molar-refractivity contribution is 7.28. The van der Waals surface area contributed by atoms with Gasteiger partial charge in [0.25, 0.3) is 0 Å². The molecule has 5 rings (SSSR count). The molecule has 0 saturated heterocycles. The lowest BCUT2D eigenvalue weighted by Crippen LogP contribution is -1.90. The molecule has 1 nitrogen and oxygen atoms in total. The molecular weight excluding hydrogens is 350 g/mol. The highest BCUT2D eigenvalue weighted by Crippen LogP contribution is 2.43. The summed E-state index contributed by atoms with van der Waals surface area (Å²) in [7, 11) is 0. The van der Waals surface area contributed by atoms with Gasteiger partial charge in [0.05, 0.1) is 0 Å². The maximum atomic E-state index is 2.44. The number of hydrogen-bond donors (Lipinski definition) is 0. The van der Waals surface area contributed by atoms with Gasteiger partial charge in [-0.1, -0.05) is 24.3 Å². The molecule has 118 valence electrons. The van der Waals surface area contributed by atoms with E-state index in [1.807, 2.05) is 34.0 Å². The molecule has 0 spiro atoms. The van der Waals surface area contributed by atoms with Crippen LogP contribution in [0.1, 0.15) is 6.92 Å². The topological polar surface area (TPSA) is 4.93 Å². The van der Waals surface area contributed by atoms with Gasteiger partial charge < -0.3 is 4.57 Å². The van der Waals surface area contributed by atoms with Crippen LogP contribution in [0.5, 0.6) is 0 Å². The zero-order valence-electron chi connectivity index (χ0n) is 13.2. The predicted molar refractivity (Wildman–Crippen MR) is 110 cm³/mol. The van der Waals surface area contributed by atoms with Crippen molar-refractivity contribution < 1.29 is 0 Å². The number of nitrogens with zero attached hydrogens (tertiary/aromatic N) is 1. The minimum absolute atomic E-state index is 1.01. The molecule has 0 aliphatic carbocycles. The van der Waals surface area contributed by atoms with Crippen LogP contribution in [0.4, 0.5) is 0 Å². The van der Waals surface area contributed by atoms with E-state index in [0.717, 1.165) is 6.54 Å². The zero-order chi connectivity index (χ0) is 16.1. The lowest BCUT2D eigenvalue weighted by Gasteiger charge is -2.01. The quantitative estimate of drug-likeness (QED) is 0.315. The van der Waals surface area contributed by atoms with Crippen LogP contribution >= 0.6 is 34.0 Å². The summed E-state index contributed by atoms with van der Waals surface area (Å²) in [5.41, 5.74) is 1.35. The van der Waals surface area contributed by atoms with Gasteiger partial charge in [0.2, 0.25) is 0 Å². The van der Waals surface area contributed by atoms with Gasteiger partial charge in [-0.05, 0) is 42.6 Å². The number of hydrogen-bond acceptors (Lipinski definition) is 3. The van der Waals surface area contributed by atoms with Crippen molar-refractivity contribution >= 4 is 55.1 Å². The molecule has 0 amide bonds.